The summed E-state index contributed by atoms with van der Waals surface area (Å²) in [5.41, 5.74) is 3.28. The fourth-order valence-electron chi connectivity index (χ4n) is 2.25. The molecule has 0 fully saturated rings. The van der Waals surface area contributed by atoms with Crippen molar-refractivity contribution in [2.45, 2.75) is 13.5 Å². The van der Waals surface area contributed by atoms with Crippen molar-refractivity contribution in [3.63, 3.8) is 0 Å². The number of anilines is 2. The first-order valence-electron chi connectivity index (χ1n) is 6.81. The number of nitrogens with zero attached hydrogens (tertiary/aromatic N) is 2. The van der Waals surface area contributed by atoms with Crippen molar-refractivity contribution in [1.82, 2.24) is 9.55 Å². The maximum absolute atomic E-state index is 4.56. The van der Waals surface area contributed by atoms with Gasteiger partial charge in [-0.1, -0.05) is 46.3 Å². The van der Waals surface area contributed by atoms with Crippen LogP contribution in [0.15, 0.2) is 65.3 Å². The van der Waals surface area contributed by atoms with Crippen LogP contribution in [0, 0.1) is 6.92 Å². The Bertz CT molecular complexity index is 735. The van der Waals surface area contributed by atoms with Crippen LogP contribution in [0.4, 0.5) is 11.6 Å². The number of aryl methyl sites for hydroxylation is 1. The van der Waals surface area contributed by atoms with Crippen LogP contribution in [0.5, 0.6) is 0 Å². The van der Waals surface area contributed by atoms with Crippen molar-refractivity contribution in [3.05, 3.63) is 76.5 Å². The molecule has 3 aromatic rings. The summed E-state index contributed by atoms with van der Waals surface area (Å²) in [6, 6.07) is 18.4. The zero-order valence-electron chi connectivity index (χ0n) is 11.8. The van der Waals surface area contributed by atoms with Crippen molar-refractivity contribution >= 4 is 27.6 Å². The highest BCUT2D eigenvalue weighted by Gasteiger charge is 2.06. The van der Waals surface area contributed by atoms with E-state index >= 15 is 0 Å². The van der Waals surface area contributed by atoms with Gasteiger partial charge in [0.15, 0.2) is 0 Å². The summed E-state index contributed by atoms with van der Waals surface area (Å²) in [4.78, 5) is 4.56. The monoisotopic (exact) mass is 341 g/mol. The van der Waals surface area contributed by atoms with Gasteiger partial charge < -0.3 is 9.88 Å². The number of rotatable bonds is 4. The summed E-state index contributed by atoms with van der Waals surface area (Å²) < 4.78 is 3.22. The van der Waals surface area contributed by atoms with Crippen molar-refractivity contribution in [3.8, 4) is 0 Å². The second-order valence-corrected chi connectivity index (χ2v) is 5.87. The zero-order valence-corrected chi connectivity index (χ0v) is 13.3. The van der Waals surface area contributed by atoms with Crippen LogP contribution < -0.4 is 5.32 Å². The molecule has 0 saturated heterocycles. The number of hydrogen-bond donors (Lipinski definition) is 1. The molecular formula is C17H16BrN3. The summed E-state index contributed by atoms with van der Waals surface area (Å²) in [6.45, 7) is 2.79. The Labute approximate surface area is 132 Å². The van der Waals surface area contributed by atoms with Crippen molar-refractivity contribution in [2.24, 2.45) is 0 Å². The molecule has 1 N–H and O–H groups in total. The van der Waals surface area contributed by atoms with Gasteiger partial charge in [-0.2, -0.15) is 0 Å². The van der Waals surface area contributed by atoms with E-state index in [2.05, 4.69) is 49.1 Å². The molecule has 0 aliphatic heterocycles. The van der Waals surface area contributed by atoms with Crippen LogP contribution in [-0.2, 0) is 6.54 Å². The normalized spacial score (nSPS) is 10.6. The van der Waals surface area contributed by atoms with Crippen LogP contribution in [0.25, 0.3) is 0 Å². The number of benzene rings is 2. The highest BCUT2D eigenvalue weighted by atomic mass is 79.9. The second kappa shape index (κ2) is 6.14. The van der Waals surface area contributed by atoms with Crippen LogP contribution >= 0.6 is 15.9 Å². The highest BCUT2D eigenvalue weighted by Crippen LogP contribution is 2.19. The molecule has 0 aliphatic rings. The van der Waals surface area contributed by atoms with E-state index in [4.69, 9.17) is 0 Å². The first-order chi connectivity index (χ1) is 10.2. The first-order valence-corrected chi connectivity index (χ1v) is 7.60. The molecule has 3 rings (SSSR count). The molecule has 0 aliphatic carbocycles. The lowest BCUT2D eigenvalue weighted by atomic mass is 10.2. The third-order valence-electron chi connectivity index (χ3n) is 3.17. The third-order valence-corrected chi connectivity index (χ3v) is 3.66. The number of para-hydroxylation sites is 1. The van der Waals surface area contributed by atoms with Gasteiger partial charge in [-0.25, -0.2) is 4.98 Å². The van der Waals surface area contributed by atoms with E-state index in [-0.39, 0.29) is 0 Å². The maximum Gasteiger partial charge on any atom is 0.207 e. The van der Waals surface area contributed by atoms with Crippen LogP contribution in [-0.4, -0.2) is 9.55 Å². The molecule has 1 heterocycles. The van der Waals surface area contributed by atoms with Gasteiger partial charge >= 0.3 is 0 Å². The van der Waals surface area contributed by atoms with Crippen molar-refractivity contribution < 1.29 is 0 Å². The standard InChI is InChI=1S/C17H16BrN3/c1-13-11-21(12-14-6-5-7-15(18)10-14)17(19-13)20-16-8-3-2-4-9-16/h2-11H,12H2,1H3,(H,19,20). The van der Waals surface area contributed by atoms with E-state index in [0.717, 1.165) is 28.3 Å². The molecule has 3 nitrogen and oxygen atoms in total. The molecule has 0 saturated carbocycles. The van der Waals surface area contributed by atoms with Crippen LogP contribution in [0.2, 0.25) is 0 Å². The van der Waals surface area contributed by atoms with Gasteiger partial charge in [-0.3, -0.25) is 0 Å². The Balaban J connectivity index is 1.86. The lowest BCUT2D eigenvalue weighted by Crippen LogP contribution is -2.04. The summed E-state index contributed by atoms with van der Waals surface area (Å²) >= 11 is 3.51. The highest BCUT2D eigenvalue weighted by molar-refractivity contribution is 9.10. The minimum Gasteiger partial charge on any atom is -0.326 e. The molecule has 1 aromatic heterocycles. The van der Waals surface area contributed by atoms with Gasteiger partial charge in [-0.15, -0.1) is 0 Å². The molecule has 2 aromatic carbocycles. The Morgan fingerprint density at radius 3 is 2.67 bits per heavy atom. The first kappa shape index (κ1) is 13.9. The molecule has 21 heavy (non-hydrogen) atoms. The van der Waals surface area contributed by atoms with Gasteiger partial charge in [0.1, 0.15) is 0 Å². The minimum absolute atomic E-state index is 0.787. The maximum atomic E-state index is 4.56. The van der Waals surface area contributed by atoms with E-state index in [1.165, 1.54) is 5.56 Å². The Kier molecular flexibility index (Phi) is 4.06. The van der Waals surface area contributed by atoms with E-state index < -0.39 is 0 Å². The fraction of sp³-hybridized carbons (Fsp3) is 0.118. The number of aromatic nitrogens is 2. The average Bonchev–Trinajstić information content (AvgIpc) is 2.80. The van der Waals surface area contributed by atoms with E-state index in [1.807, 2.05) is 49.4 Å². The fourth-order valence-corrected chi connectivity index (χ4v) is 2.70. The summed E-state index contributed by atoms with van der Waals surface area (Å²) in [7, 11) is 0. The van der Waals surface area contributed by atoms with Crippen LogP contribution in [0.1, 0.15) is 11.3 Å². The van der Waals surface area contributed by atoms with Gasteiger partial charge in [-0.05, 0) is 36.8 Å². The quantitative estimate of drug-likeness (QED) is 0.742. The Morgan fingerprint density at radius 2 is 1.90 bits per heavy atom. The number of hydrogen-bond acceptors (Lipinski definition) is 2. The SMILES string of the molecule is Cc1cn(Cc2cccc(Br)c2)c(Nc2ccccc2)n1. The van der Waals surface area contributed by atoms with Gasteiger partial charge in [0.05, 0.1) is 12.2 Å². The largest absolute Gasteiger partial charge is 0.326 e. The average molecular weight is 342 g/mol. The number of halogens is 1. The van der Waals surface area contributed by atoms with Gasteiger partial charge in [0, 0.05) is 16.4 Å². The van der Waals surface area contributed by atoms with Gasteiger partial charge in [0.25, 0.3) is 0 Å². The van der Waals surface area contributed by atoms with E-state index in [1.54, 1.807) is 0 Å². The van der Waals surface area contributed by atoms with Gasteiger partial charge in [0.2, 0.25) is 5.95 Å². The topological polar surface area (TPSA) is 29.9 Å². The molecule has 0 atom stereocenters. The van der Waals surface area contributed by atoms with Crippen molar-refractivity contribution in [1.29, 1.82) is 0 Å². The molecular weight excluding hydrogens is 326 g/mol. The molecule has 0 radical (unpaired) electrons. The molecule has 0 amide bonds. The molecule has 0 spiro atoms. The summed E-state index contributed by atoms with van der Waals surface area (Å²) in [5, 5.41) is 3.37. The molecule has 4 heteroatoms. The molecule has 0 unspecified atom stereocenters. The smallest absolute Gasteiger partial charge is 0.207 e. The van der Waals surface area contributed by atoms with E-state index in [0.29, 0.717) is 0 Å². The summed E-state index contributed by atoms with van der Waals surface area (Å²) in [6.07, 6.45) is 2.06. The molecule has 0 bridgehead atoms. The third kappa shape index (κ3) is 3.52. The van der Waals surface area contributed by atoms with Crippen molar-refractivity contribution in [2.75, 3.05) is 5.32 Å². The van der Waals surface area contributed by atoms with E-state index in [9.17, 15) is 0 Å². The Morgan fingerprint density at radius 1 is 1.10 bits per heavy atom. The van der Waals surface area contributed by atoms with Crippen LogP contribution in [0.3, 0.4) is 0 Å². The lowest BCUT2D eigenvalue weighted by Gasteiger charge is -2.10. The minimum atomic E-state index is 0.787. The predicted octanol–water partition coefficient (Wildman–Crippen LogP) is 4.75. The number of imidazole rings is 1. The zero-order chi connectivity index (χ0) is 14.7. The lowest BCUT2D eigenvalue weighted by molar-refractivity contribution is 0.806. The second-order valence-electron chi connectivity index (χ2n) is 4.95. The predicted molar refractivity (Wildman–Crippen MR) is 89.9 cm³/mol. The molecule has 106 valence electrons. The summed E-state index contributed by atoms with van der Waals surface area (Å²) in [5.74, 6) is 0.860. The number of nitrogens with one attached hydrogen (secondary N) is 1. The Hall–Kier alpha value is -2.07.